The molecule has 3 N–H and O–H groups in total. The molecule has 2 saturated carbocycles. The molecule has 7 rings (SSSR count). The van der Waals surface area contributed by atoms with E-state index in [0.29, 0.717) is 28.1 Å². The maximum atomic E-state index is 14.8. The maximum absolute atomic E-state index is 14.8. The van der Waals surface area contributed by atoms with Crippen molar-refractivity contribution >= 4 is 44.7 Å². The minimum atomic E-state index is -4.36. The highest BCUT2D eigenvalue weighted by molar-refractivity contribution is 7.91. The highest BCUT2D eigenvalue weighted by atomic mass is 32.2. The number of ether oxygens (including phenoxy) is 3. The number of amides is 4. The van der Waals surface area contributed by atoms with Gasteiger partial charge in [-0.1, -0.05) is 75.4 Å². The van der Waals surface area contributed by atoms with Crippen LogP contribution >= 0.6 is 0 Å². The van der Waals surface area contributed by atoms with Gasteiger partial charge in [-0.05, 0) is 75.6 Å². The number of nitrogens with one attached hydrogen (secondary N) is 3. The van der Waals surface area contributed by atoms with Gasteiger partial charge in [0.2, 0.25) is 21.8 Å². The van der Waals surface area contributed by atoms with Crippen molar-refractivity contribution in [2.75, 3.05) is 13.7 Å². The third kappa shape index (κ3) is 9.57. The molecule has 3 aliphatic rings. The molecular formula is C48H56FN5O9S. The van der Waals surface area contributed by atoms with Gasteiger partial charge in [0, 0.05) is 35.4 Å². The van der Waals surface area contributed by atoms with E-state index in [4.69, 9.17) is 19.2 Å². The standard InChI is InChI=1S/C48H56FN5O9S/c1-9-31-27-48(31,43(57)53-64(59,60)47(21-22-47)26-30-17-13-14-18-35(30)49)52-41(55)38-24-33(28-54(38)42(56)40(45(2,3)4)51-44(58)63-46(5,6)7)62-39-25-36(29-15-11-10-12-16-29)50-37-23-32(61-8)19-20-34(37)39/h9-20,23,25,31,33,38,40H,1,21-22,24,26-28H2,2-8H3,(H,51,58)(H,52,55)(H,53,57). The molecule has 5 atom stereocenters. The van der Waals surface area contributed by atoms with Crippen LogP contribution in [0.25, 0.3) is 22.2 Å². The number of hydrogen-bond acceptors (Lipinski definition) is 10. The number of alkyl carbamates (subject to hydrolysis) is 1. The van der Waals surface area contributed by atoms with Crippen LogP contribution in [0.4, 0.5) is 9.18 Å². The molecule has 4 amide bonds. The fraction of sp³-hybridized carbons (Fsp3) is 0.438. The Balaban J connectivity index is 1.20. The van der Waals surface area contributed by atoms with E-state index in [1.54, 1.807) is 72.9 Å². The average molecular weight is 898 g/mol. The summed E-state index contributed by atoms with van der Waals surface area (Å²) in [6.45, 7) is 14.1. The molecule has 0 bridgehead atoms. The van der Waals surface area contributed by atoms with Crippen LogP contribution in [0.15, 0.2) is 91.5 Å². The fourth-order valence-corrected chi connectivity index (χ4v) is 9.91. The Morgan fingerprint density at radius 2 is 1.67 bits per heavy atom. The lowest BCUT2D eigenvalue weighted by Gasteiger charge is -2.36. The number of nitrogens with zero attached hydrogens (tertiary/aromatic N) is 2. The Morgan fingerprint density at radius 3 is 2.28 bits per heavy atom. The predicted molar refractivity (Wildman–Crippen MR) is 239 cm³/mol. The lowest BCUT2D eigenvalue weighted by Crippen LogP contribution is -2.60. The number of carbonyl (C=O) groups excluding carboxylic acids is 4. The van der Waals surface area contributed by atoms with Crippen molar-refractivity contribution in [2.45, 2.75) is 108 Å². The lowest BCUT2D eigenvalue weighted by atomic mass is 9.85. The first-order chi connectivity index (χ1) is 30.1. The van der Waals surface area contributed by atoms with E-state index in [1.807, 2.05) is 36.4 Å². The zero-order chi connectivity index (χ0) is 46.4. The zero-order valence-corrected chi connectivity index (χ0v) is 38.0. The number of likely N-dealkylation sites (tertiary alicyclic amines) is 1. The minimum Gasteiger partial charge on any atom is -0.497 e. The summed E-state index contributed by atoms with van der Waals surface area (Å²) in [5.74, 6) is -2.46. The van der Waals surface area contributed by atoms with E-state index < -0.39 is 85.1 Å². The number of sulfonamides is 1. The van der Waals surface area contributed by atoms with Gasteiger partial charge in [0.1, 0.15) is 46.6 Å². The van der Waals surface area contributed by atoms with Crippen molar-refractivity contribution < 1.29 is 46.2 Å². The summed E-state index contributed by atoms with van der Waals surface area (Å²) in [6.07, 6.45) is 0.163. The van der Waals surface area contributed by atoms with Crippen LogP contribution in [0.1, 0.15) is 72.8 Å². The number of benzene rings is 3. The molecule has 5 unspecified atom stereocenters. The van der Waals surface area contributed by atoms with Gasteiger partial charge in [-0.3, -0.25) is 19.1 Å². The van der Waals surface area contributed by atoms with Crippen LogP contribution < -0.4 is 24.8 Å². The second kappa shape index (κ2) is 17.2. The van der Waals surface area contributed by atoms with Crippen molar-refractivity contribution in [3.8, 4) is 22.8 Å². The molecule has 14 nitrogen and oxygen atoms in total. The highest BCUT2D eigenvalue weighted by Gasteiger charge is 2.64. The Morgan fingerprint density at radius 1 is 0.984 bits per heavy atom. The largest absolute Gasteiger partial charge is 0.497 e. The number of halogens is 1. The van der Waals surface area contributed by atoms with Crippen LogP contribution in [0.3, 0.4) is 0 Å². The molecular weight excluding hydrogens is 842 g/mol. The summed E-state index contributed by atoms with van der Waals surface area (Å²) >= 11 is 0. The van der Waals surface area contributed by atoms with E-state index >= 15 is 0 Å². The van der Waals surface area contributed by atoms with E-state index in [1.165, 1.54) is 29.2 Å². The second-order valence-electron chi connectivity index (χ2n) is 19.1. The molecule has 3 fully saturated rings. The van der Waals surface area contributed by atoms with E-state index in [0.717, 1.165) is 5.56 Å². The maximum Gasteiger partial charge on any atom is 0.408 e. The summed E-state index contributed by atoms with van der Waals surface area (Å²) in [7, 11) is -2.80. The van der Waals surface area contributed by atoms with Gasteiger partial charge < -0.3 is 29.7 Å². The monoisotopic (exact) mass is 897 g/mol. The summed E-state index contributed by atoms with van der Waals surface area (Å²) in [6, 6.07) is 20.2. The van der Waals surface area contributed by atoms with Crippen molar-refractivity contribution in [3.05, 3.63) is 103 Å². The van der Waals surface area contributed by atoms with E-state index in [9.17, 15) is 32.0 Å². The van der Waals surface area contributed by atoms with Gasteiger partial charge >= 0.3 is 6.09 Å². The summed E-state index contributed by atoms with van der Waals surface area (Å²) in [4.78, 5) is 63.1. The van der Waals surface area contributed by atoms with Gasteiger partial charge in [0.25, 0.3) is 5.91 Å². The first kappa shape index (κ1) is 46.0. The van der Waals surface area contributed by atoms with Crippen molar-refractivity contribution in [1.29, 1.82) is 0 Å². The number of hydrogen-bond donors (Lipinski definition) is 3. The van der Waals surface area contributed by atoms with Gasteiger partial charge in [0.15, 0.2) is 0 Å². The molecule has 0 radical (unpaired) electrons. The van der Waals surface area contributed by atoms with Gasteiger partial charge in [0.05, 0.1) is 29.6 Å². The Labute approximate surface area is 373 Å². The molecule has 1 aliphatic heterocycles. The molecule has 64 heavy (non-hydrogen) atoms. The van der Waals surface area contributed by atoms with Crippen LogP contribution in [-0.2, 0) is 35.6 Å². The molecule has 340 valence electrons. The Bertz CT molecular complexity index is 2590. The van der Waals surface area contributed by atoms with Gasteiger partial charge in [-0.25, -0.2) is 22.6 Å². The molecule has 1 saturated heterocycles. The topological polar surface area (TPSA) is 182 Å². The summed E-state index contributed by atoms with van der Waals surface area (Å²) in [5, 5.41) is 6.20. The average Bonchev–Trinajstić information content (AvgIpc) is 4.14. The Kier molecular flexibility index (Phi) is 12.3. The Hall–Kier alpha value is -6.03. The molecule has 1 aromatic heterocycles. The molecule has 16 heteroatoms. The molecule has 2 aliphatic carbocycles. The normalized spacial score (nSPS) is 21.9. The number of rotatable bonds is 14. The number of fused-ring (bicyclic) bond motifs is 1. The summed E-state index contributed by atoms with van der Waals surface area (Å²) < 4.78 is 61.0. The quantitative estimate of drug-likeness (QED) is 0.116. The van der Waals surface area contributed by atoms with Gasteiger partial charge in [-0.2, -0.15) is 0 Å². The lowest BCUT2D eigenvalue weighted by molar-refractivity contribution is -0.143. The third-order valence-electron chi connectivity index (χ3n) is 12.1. The SMILES string of the molecule is C=CC1CC1(NC(=O)C1CC(Oc2cc(-c3ccccc3)nc3cc(OC)ccc23)CN1C(=O)C(NC(=O)OC(C)(C)C)C(C)(C)C)C(=O)NS(=O)(=O)C1(Cc2ccccc2F)CC1. The van der Waals surface area contributed by atoms with E-state index in [2.05, 4.69) is 21.9 Å². The smallest absolute Gasteiger partial charge is 0.408 e. The van der Waals surface area contributed by atoms with Crippen LogP contribution in [0, 0.1) is 17.2 Å². The van der Waals surface area contributed by atoms with Crippen LogP contribution in [-0.4, -0.2) is 89.8 Å². The van der Waals surface area contributed by atoms with Crippen LogP contribution in [0.5, 0.6) is 11.5 Å². The van der Waals surface area contributed by atoms with Gasteiger partial charge in [-0.15, -0.1) is 6.58 Å². The first-order valence-electron chi connectivity index (χ1n) is 21.3. The molecule has 3 aromatic carbocycles. The number of methoxy groups -OCH3 is 1. The second-order valence-corrected chi connectivity index (χ2v) is 21.2. The molecule has 0 spiro atoms. The minimum absolute atomic E-state index is 0.0397. The van der Waals surface area contributed by atoms with Crippen molar-refractivity contribution in [2.24, 2.45) is 11.3 Å². The number of pyridine rings is 1. The first-order valence-corrected chi connectivity index (χ1v) is 22.8. The highest BCUT2D eigenvalue weighted by Crippen LogP contribution is 2.49. The van der Waals surface area contributed by atoms with E-state index in [-0.39, 0.29) is 44.2 Å². The molecule has 2 heterocycles. The van der Waals surface area contributed by atoms with Crippen LogP contribution in [0.2, 0.25) is 0 Å². The third-order valence-corrected chi connectivity index (χ3v) is 14.2. The summed E-state index contributed by atoms with van der Waals surface area (Å²) in [5.41, 5.74) is -1.22. The molecule has 4 aromatic rings. The predicted octanol–water partition coefficient (Wildman–Crippen LogP) is 6.62. The number of carbonyl (C=O) groups is 4. The van der Waals surface area contributed by atoms with Crippen molar-refractivity contribution in [1.82, 2.24) is 25.2 Å². The zero-order valence-electron chi connectivity index (χ0n) is 37.2. The van der Waals surface area contributed by atoms with Crippen molar-refractivity contribution in [3.63, 3.8) is 0 Å². The fourth-order valence-electron chi connectivity index (χ4n) is 8.28. The number of aromatic nitrogens is 1.